The number of nitriles is 1. The molecule has 0 fully saturated rings. The lowest BCUT2D eigenvalue weighted by Crippen LogP contribution is -1.94. The molecule has 0 saturated heterocycles. The van der Waals surface area contributed by atoms with Crippen LogP contribution in [0.4, 0.5) is 10.1 Å². The Balaban J connectivity index is 1.86. The predicted molar refractivity (Wildman–Crippen MR) is 104 cm³/mol. The summed E-state index contributed by atoms with van der Waals surface area (Å²) in [6, 6.07) is 13.8. The average molecular weight is 381 g/mol. The zero-order valence-electron chi connectivity index (χ0n) is 14.7. The van der Waals surface area contributed by atoms with E-state index in [4.69, 9.17) is 9.47 Å². The lowest BCUT2D eigenvalue weighted by atomic mass is 10.1. The van der Waals surface area contributed by atoms with E-state index in [1.54, 1.807) is 38.5 Å². The van der Waals surface area contributed by atoms with Crippen molar-refractivity contribution in [3.05, 3.63) is 64.9 Å². The summed E-state index contributed by atoms with van der Waals surface area (Å²) in [6.07, 6.45) is 1.45. The fourth-order valence-corrected chi connectivity index (χ4v) is 3.19. The van der Waals surface area contributed by atoms with Gasteiger partial charge >= 0.3 is 0 Å². The minimum Gasteiger partial charge on any atom is -0.493 e. The molecule has 2 aromatic carbocycles. The number of nitrogens with zero attached hydrogens (tertiary/aromatic N) is 2. The molecule has 0 spiro atoms. The summed E-state index contributed by atoms with van der Waals surface area (Å²) >= 11 is 1.33. The van der Waals surface area contributed by atoms with E-state index >= 15 is 0 Å². The van der Waals surface area contributed by atoms with Crippen LogP contribution < -0.4 is 14.8 Å². The monoisotopic (exact) mass is 381 g/mol. The number of hydrogen-bond acceptors (Lipinski definition) is 6. The third-order valence-corrected chi connectivity index (χ3v) is 4.66. The van der Waals surface area contributed by atoms with Crippen molar-refractivity contribution in [2.75, 3.05) is 19.5 Å². The SMILES string of the molecule is COc1ccc(-c2csc(/C(C#N)=C\Nc3ccccc3F)n2)cc1OC. The van der Waals surface area contributed by atoms with E-state index in [1.165, 1.54) is 23.6 Å². The summed E-state index contributed by atoms with van der Waals surface area (Å²) in [5.41, 5.74) is 2.16. The Labute approximate surface area is 160 Å². The molecule has 0 radical (unpaired) electrons. The fraction of sp³-hybridized carbons (Fsp3) is 0.100. The van der Waals surface area contributed by atoms with Crippen molar-refractivity contribution in [2.45, 2.75) is 0 Å². The van der Waals surface area contributed by atoms with Crippen molar-refractivity contribution < 1.29 is 13.9 Å². The summed E-state index contributed by atoms with van der Waals surface area (Å²) in [7, 11) is 3.14. The predicted octanol–water partition coefficient (Wildman–Crippen LogP) is 4.94. The number of nitrogens with one attached hydrogen (secondary N) is 1. The molecule has 1 N–H and O–H groups in total. The molecule has 0 saturated carbocycles. The van der Waals surface area contributed by atoms with Crippen molar-refractivity contribution in [2.24, 2.45) is 0 Å². The van der Waals surface area contributed by atoms with Crippen LogP contribution in [-0.4, -0.2) is 19.2 Å². The van der Waals surface area contributed by atoms with Crippen LogP contribution in [0.2, 0.25) is 0 Å². The first kappa shape index (κ1) is 18.4. The molecule has 0 amide bonds. The van der Waals surface area contributed by atoms with Crippen molar-refractivity contribution in [3.8, 4) is 28.8 Å². The summed E-state index contributed by atoms with van der Waals surface area (Å²) in [5.74, 6) is 0.835. The smallest absolute Gasteiger partial charge is 0.161 e. The lowest BCUT2D eigenvalue weighted by molar-refractivity contribution is 0.355. The maximum atomic E-state index is 13.7. The second-order valence-corrected chi connectivity index (χ2v) is 6.26. The summed E-state index contributed by atoms with van der Waals surface area (Å²) in [6.45, 7) is 0. The van der Waals surface area contributed by atoms with Crippen LogP contribution in [-0.2, 0) is 0 Å². The molecule has 0 aliphatic rings. The van der Waals surface area contributed by atoms with Gasteiger partial charge in [0.2, 0.25) is 0 Å². The first-order chi connectivity index (χ1) is 13.2. The van der Waals surface area contributed by atoms with E-state index in [1.807, 2.05) is 17.5 Å². The van der Waals surface area contributed by atoms with Gasteiger partial charge in [-0.05, 0) is 30.3 Å². The Morgan fingerprint density at radius 3 is 2.67 bits per heavy atom. The van der Waals surface area contributed by atoms with Gasteiger partial charge in [0.15, 0.2) is 11.5 Å². The Morgan fingerprint density at radius 1 is 1.19 bits per heavy atom. The molecule has 0 unspecified atom stereocenters. The highest BCUT2D eigenvalue weighted by molar-refractivity contribution is 7.11. The van der Waals surface area contributed by atoms with Crippen molar-refractivity contribution in [1.29, 1.82) is 5.26 Å². The van der Waals surface area contributed by atoms with E-state index < -0.39 is 5.82 Å². The molecular weight excluding hydrogens is 365 g/mol. The van der Waals surface area contributed by atoms with Gasteiger partial charge in [-0.25, -0.2) is 9.37 Å². The Bertz CT molecular complexity index is 1020. The van der Waals surface area contributed by atoms with Crippen LogP contribution in [0.1, 0.15) is 5.01 Å². The van der Waals surface area contributed by atoms with Crippen LogP contribution in [0.5, 0.6) is 11.5 Å². The fourth-order valence-electron chi connectivity index (χ4n) is 2.40. The molecule has 0 aliphatic carbocycles. The number of methoxy groups -OCH3 is 2. The average Bonchev–Trinajstić information content (AvgIpc) is 3.19. The minimum atomic E-state index is -0.392. The van der Waals surface area contributed by atoms with Crippen molar-refractivity contribution >= 4 is 22.6 Å². The van der Waals surface area contributed by atoms with Gasteiger partial charge in [-0.15, -0.1) is 11.3 Å². The number of ether oxygens (including phenoxy) is 2. The van der Waals surface area contributed by atoms with Crippen LogP contribution in [0.25, 0.3) is 16.8 Å². The molecule has 0 aliphatic heterocycles. The Kier molecular flexibility index (Phi) is 5.69. The third kappa shape index (κ3) is 4.07. The first-order valence-corrected chi connectivity index (χ1v) is 8.84. The normalized spacial score (nSPS) is 11.0. The molecule has 1 heterocycles. The maximum Gasteiger partial charge on any atom is 0.161 e. The van der Waals surface area contributed by atoms with Crippen LogP contribution in [0.15, 0.2) is 54.0 Å². The van der Waals surface area contributed by atoms with Gasteiger partial charge in [0.1, 0.15) is 22.5 Å². The molecule has 7 heteroatoms. The first-order valence-electron chi connectivity index (χ1n) is 7.96. The minimum absolute atomic E-state index is 0.293. The van der Waals surface area contributed by atoms with Gasteiger partial charge in [0.25, 0.3) is 0 Å². The third-order valence-electron chi connectivity index (χ3n) is 3.78. The van der Waals surface area contributed by atoms with Gasteiger partial charge in [-0.3, -0.25) is 0 Å². The number of anilines is 1. The highest BCUT2D eigenvalue weighted by Crippen LogP contribution is 2.33. The molecule has 3 rings (SSSR count). The van der Waals surface area contributed by atoms with Gasteiger partial charge in [0.05, 0.1) is 25.6 Å². The van der Waals surface area contributed by atoms with E-state index in [9.17, 15) is 9.65 Å². The van der Waals surface area contributed by atoms with Crippen LogP contribution in [0, 0.1) is 17.1 Å². The number of para-hydroxylation sites is 1. The van der Waals surface area contributed by atoms with Crippen LogP contribution in [0.3, 0.4) is 0 Å². The zero-order chi connectivity index (χ0) is 19.2. The van der Waals surface area contributed by atoms with Gasteiger partial charge in [-0.1, -0.05) is 12.1 Å². The summed E-state index contributed by atoms with van der Waals surface area (Å²) in [5, 5.41) is 14.6. The number of benzene rings is 2. The molecular formula is C20H16FN3O2S. The Morgan fingerprint density at radius 2 is 1.96 bits per heavy atom. The molecule has 3 aromatic rings. The Hall–Kier alpha value is -3.37. The maximum absolute atomic E-state index is 13.7. The number of thiazole rings is 1. The quantitative estimate of drug-likeness (QED) is 0.613. The highest BCUT2D eigenvalue weighted by Gasteiger charge is 2.12. The van der Waals surface area contributed by atoms with E-state index in [2.05, 4.69) is 16.4 Å². The molecule has 0 bridgehead atoms. The number of aromatic nitrogens is 1. The standard InChI is InChI=1S/C20H16FN3O2S/c1-25-18-8-7-13(9-19(18)26-2)17-12-27-20(24-17)14(10-22)11-23-16-6-4-3-5-15(16)21/h3-9,11-12,23H,1-2H3/b14-11-. The number of halogens is 1. The lowest BCUT2D eigenvalue weighted by Gasteiger charge is -2.08. The van der Waals surface area contributed by atoms with Crippen LogP contribution >= 0.6 is 11.3 Å². The molecule has 136 valence electrons. The summed E-state index contributed by atoms with van der Waals surface area (Å²) < 4.78 is 24.2. The summed E-state index contributed by atoms with van der Waals surface area (Å²) in [4.78, 5) is 4.51. The van der Waals surface area contributed by atoms with Gasteiger partial charge in [-0.2, -0.15) is 5.26 Å². The van der Waals surface area contributed by atoms with E-state index in [0.717, 1.165) is 5.56 Å². The zero-order valence-corrected chi connectivity index (χ0v) is 15.5. The van der Waals surface area contributed by atoms with Crippen molar-refractivity contribution in [1.82, 2.24) is 4.98 Å². The molecule has 1 aromatic heterocycles. The second-order valence-electron chi connectivity index (χ2n) is 5.40. The number of rotatable bonds is 6. The number of hydrogen-bond donors (Lipinski definition) is 1. The van der Waals surface area contributed by atoms with Gasteiger partial charge < -0.3 is 14.8 Å². The topological polar surface area (TPSA) is 67.2 Å². The van der Waals surface area contributed by atoms with E-state index in [0.29, 0.717) is 33.5 Å². The largest absolute Gasteiger partial charge is 0.493 e. The number of allylic oxidation sites excluding steroid dienone is 1. The van der Waals surface area contributed by atoms with Gasteiger partial charge in [0, 0.05) is 17.1 Å². The molecule has 0 atom stereocenters. The van der Waals surface area contributed by atoms with E-state index in [-0.39, 0.29) is 0 Å². The molecule has 5 nitrogen and oxygen atoms in total. The highest BCUT2D eigenvalue weighted by atomic mass is 32.1. The van der Waals surface area contributed by atoms with Crippen molar-refractivity contribution in [3.63, 3.8) is 0 Å². The molecule has 27 heavy (non-hydrogen) atoms. The second kappa shape index (κ2) is 8.34.